The quantitative estimate of drug-likeness (QED) is 0.330. The van der Waals surface area contributed by atoms with E-state index in [0.29, 0.717) is 15.4 Å². The fourth-order valence-electron chi connectivity index (χ4n) is 4.65. The summed E-state index contributed by atoms with van der Waals surface area (Å²) in [6.07, 6.45) is -0.233. The predicted molar refractivity (Wildman–Crippen MR) is 163 cm³/mol. The minimum atomic E-state index is -4.58. The zero-order valence-corrected chi connectivity index (χ0v) is 26.2. The molecule has 10 nitrogen and oxygen atoms in total. The highest BCUT2D eigenvalue weighted by Crippen LogP contribution is 2.31. The van der Waals surface area contributed by atoms with Gasteiger partial charge in [-0.25, -0.2) is 22.3 Å². The van der Waals surface area contributed by atoms with Crippen molar-refractivity contribution < 1.29 is 32.3 Å². The van der Waals surface area contributed by atoms with Crippen molar-refractivity contribution >= 4 is 45.3 Å². The lowest BCUT2D eigenvalue weighted by Crippen LogP contribution is -2.45. The van der Waals surface area contributed by atoms with Crippen molar-refractivity contribution in [2.45, 2.75) is 57.1 Å². The van der Waals surface area contributed by atoms with Gasteiger partial charge < -0.3 is 9.47 Å². The van der Waals surface area contributed by atoms with Crippen molar-refractivity contribution in [3.05, 3.63) is 94.0 Å². The molecule has 1 aliphatic rings. The summed E-state index contributed by atoms with van der Waals surface area (Å²) in [6.45, 7) is 6.55. The Bertz CT molecular complexity index is 1640. The lowest BCUT2D eigenvalue weighted by molar-refractivity contribution is 0.0392. The highest BCUT2D eigenvalue weighted by Gasteiger charge is 2.35. The number of amides is 2. The third kappa shape index (κ3) is 7.29. The molecule has 43 heavy (non-hydrogen) atoms. The number of hydrogen-bond donors (Lipinski definition) is 1. The first-order valence-corrected chi connectivity index (χ1v) is 15.4. The largest absolute Gasteiger partial charge is 0.465 e. The zero-order chi connectivity index (χ0) is 31.5. The van der Waals surface area contributed by atoms with Gasteiger partial charge in [0.2, 0.25) is 0 Å². The van der Waals surface area contributed by atoms with E-state index in [1.54, 1.807) is 50.0 Å². The molecule has 0 radical (unpaired) electrons. The number of carbonyl (C=O) groups excluding carboxylic acids is 3. The summed E-state index contributed by atoms with van der Waals surface area (Å²) in [5.41, 5.74) is 4.86. The van der Waals surface area contributed by atoms with Gasteiger partial charge in [0.05, 0.1) is 29.4 Å². The van der Waals surface area contributed by atoms with Gasteiger partial charge in [-0.15, -0.1) is 0 Å². The summed E-state index contributed by atoms with van der Waals surface area (Å²) in [7, 11) is -3.31. The Hall–Kier alpha value is -4.09. The van der Waals surface area contributed by atoms with E-state index in [1.807, 2.05) is 31.2 Å². The number of benzene rings is 3. The first kappa shape index (κ1) is 31.8. The monoisotopic (exact) mass is 627 g/mol. The highest BCUT2D eigenvalue weighted by atomic mass is 35.5. The summed E-state index contributed by atoms with van der Waals surface area (Å²) >= 11 is 6.36. The van der Waals surface area contributed by atoms with E-state index < -0.39 is 38.5 Å². The Morgan fingerprint density at radius 1 is 1.02 bits per heavy atom. The number of esters is 1. The molecule has 1 heterocycles. The molecular formula is C31H34ClN3O7S. The molecule has 0 saturated heterocycles. The van der Waals surface area contributed by atoms with Crippen LogP contribution in [0.3, 0.4) is 0 Å². The van der Waals surface area contributed by atoms with Crippen LogP contribution in [0, 0.1) is 0 Å². The van der Waals surface area contributed by atoms with Crippen LogP contribution in [0.5, 0.6) is 0 Å². The van der Waals surface area contributed by atoms with E-state index in [4.69, 9.17) is 21.1 Å². The minimum absolute atomic E-state index is 0.0128. The van der Waals surface area contributed by atoms with E-state index in [1.165, 1.54) is 19.2 Å². The molecule has 4 rings (SSSR count). The van der Waals surface area contributed by atoms with Gasteiger partial charge in [-0.05, 0) is 88.1 Å². The number of hydrazine groups is 1. The number of para-hydroxylation sites is 1. The number of hydrogen-bond acceptors (Lipinski definition) is 8. The van der Waals surface area contributed by atoms with Crippen LogP contribution in [0.2, 0.25) is 5.02 Å². The SMILES string of the molecule is COC(=O)c1ccc(CCN(C(=O)OC(C)(C)C)S(=O)(=O)c2cc(C(=O)NN3c4ccccc4CC3C)ccc2Cl)cc1. The minimum Gasteiger partial charge on any atom is -0.465 e. The van der Waals surface area contributed by atoms with Gasteiger partial charge in [-0.2, -0.15) is 0 Å². The van der Waals surface area contributed by atoms with Crippen LogP contribution in [-0.2, 0) is 32.3 Å². The molecule has 0 fully saturated rings. The Morgan fingerprint density at radius 3 is 2.33 bits per heavy atom. The van der Waals surface area contributed by atoms with Crippen molar-refractivity contribution in [3.8, 4) is 0 Å². The summed E-state index contributed by atoms with van der Waals surface area (Å²) in [5, 5.41) is 1.59. The Kier molecular flexibility index (Phi) is 9.36. The highest BCUT2D eigenvalue weighted by molar-refractivity contribution is 7.89. The van der Waals surface area contributed by atoms with Crippen molar-refractivity contribution in [3.63, 3.8) is 0 Å². The number of halogens is 1. The van der Waals surface area contributed by atoms with Crippen LogP contribution in [0.25, 0.3) is 0 Å². The summed E-state index contributed by atoms with van der Waals surface area (Å²) in [4.78, 5) is 37.9. The number of fused-ring (bicyclic) bond motifs is 1. The average molecular weight is 628 g/mol. The number of ether oxygens (including phenoxy) is 2. The maximum absolute atomic E-state index is 14.0. The van der Waals surface area contributed by atoms with Crippen LogP contribution < -0.4 is 10.4 Å². The maximum Gasteiger partial charge on any atom is 0.424 e. The van der Waals surface area contributed by atoms with Crippen LogP contribution in [0.15, 0.2) is 71.6 Å². The summed E-state index contributed by atoms with van der Waals surface area (Å²) < 4.78 is 38.7. The molecular weight excluding hydrogens is 594 g/mol. The van der Waals surface area contributed by atoms with Crippen molar-refractivity contribution in [2.75, 3.05) is 18.7 Å². The molecule has 3 aromatic carbocycles. The zero-order valence-electron chi connectivity index (χ0n) is 24.6. The second-order valence-corrected chi connectivity index (χ2v) is 13.4. The molecule has 12 heteroatoms. The van der Waals surface area contributed by atoms with Crippen LogP contribution in [0.1, 0.15) is 59.5 Å². The second-order valence-electron chi connectivity index (χ2n) is 11.1. The fourth-order valence-corrected chi connectivity index (χ4v) is 6.45. The van der Waals surface area contributed by atoms with Crippen molar-refractivity contribution in [1.29, 1.82) is 0 Å². The third-order valence-corrected chi connectivity index (χ3v) is 9.01. The Labute approximate surface area is 256 Å². The van der Waals surface area contributed by atoms with E-state index in [2.05, 4.69) is 5.43 Å². The number of methoxy groups -OCH3 is 1. The molecule has 0 spiro atoms. The predicted octanol–water partition coefficient (Wildman–Crippen LogP) is 5.39. The van der Waals surface area contributed by atoms with Crippen molar-refractivity contribution in [1.82, 2.24) is 9.73 Å². The standard InChI is InChI=1S/C31H34ClN3O7S/c1-20-18-23-8-6-7-9-26(23)35(20)33-28(36)24-14-15-25(32)27(19-24)43(39,40)34(30(38)42-31(2,3)4)17-16-21-10-12-22(13-11-21)29(37)41-5/h6-15,19-20H,16-18H2,1-5H3,(H,33,36). The van der Waals surface area contributed by atoms with E-state index >= 15 is 0 Å². The number of carbonyl (C=O) groups is 3. The molecule has 0 bridgehead atoms. The summed E-state index contributed by atoms with van der Waals surface area (Å²) in [5.74, 6) is -1.04. The van der Waals surface area contributed by atoms with Crippen LogP contribution in [0.4, 0.5) is 10.5 Å². The summed E-state index contributed by atoms with van der Waals surface area (Å²) in [6, 6.07) is 17.9. The molecule has 1 unspecified atom stereocenters. The molecule has 0 saturated carbocycles. The fraction of sp³-hybridized carbons (Fsp3) is 0.323. The molecule has 2 amide bonds. The van der Waals surface area contributed by atoms with Gasteiger partial charge in [0.25, 0.3) is 15.9 Å². The number of nitrogens with zero attached hydrogens (tertiary/aromatic N) is 2. The molecule has 0 aliphatic carbocycles. The van der Waals surface area contributed by atoms with Gasteiger partial charge in [-0.1, -0.05) is 41.9 Å². The van der Waals surface area contributed by atoms with E-state index in [-0.39, 0.29) is 29.6 Å². The average Bonchev–Trinajstić information content (AvgIpc) is 3.26. The van der Waals surface area contributed by atoms with Gasteiger partial charge >= 0.3 is 12.1 Å². The maximum atomic E-state index is 14.0. The van der Waals surface area contributed by atoms with Crippen LogP contribution >= 0.6 is 11.6 Å². The lowest BCUT2D eigenvalue weighted by atomic mass is 10.1. The number of anilines is 1. The number of sulfonamides is 1. The van der Waals surface area contributed by atoms with Gasteiger partial charge in [0.15, 0.2) is 0 Å². The molecule has 3 aromatic rings. The van der Waals surface area contributed by atoms with Gasteiger partial charge in [0, 0.05) is 12.1 Å². The molecule has 0 aromatic heterocycles. The lowest BCUT2D eigenvalue weighted by Gasteiger charge is -2.28. The van der Waals surface area contributed by atoms with Crippen LogP contribution in [-0.4, -0.2) is 56.0 Å². The van der Waals surface area contributed by atoms with Gasteiger partial charge in [0.1, 0.15) is 10.5 Å². The molecule has 228 valence electrons. The third-order valence-electron chi connectivity index (χ3n) is 6.77. The smallest absolute Gasteiger partial charge is 0.424 e. The first-order valence-electron chi connectivity index (χ1n) is 13.6. The topological polar surface area (TPSA) is 122 Å². The number of rotatable bonds is 8. The molecule has 1 atom stereocenters. The van der Waals surface area contributed by atoms with Gasteiger partial charge in [-0.3, -0.25) is 15.2 Å². The Balaban J connectivity index is 1.62. The normalized spacial score (nSPS) is 14.6. The second kappa shape index (κ2) is 12.6. The first-order chi connectivity index (χ1) is 20.2. The molecule has 1 aliphatic heterocycles. The van der Waals surface area contributed by atoms with Crippen molar-refractivity contribution in [2.24, 2.45) is 0 Å². The van der Waals surface area contributed by atoms with E-state index in [0.717, 1.165) is 23.7 Å². The molecule has 1 N–H and O–H groups in total. The number of nitrogens with one attached hydrogen (secondary N) is 1. The van der Waals surface area contributed by atoms with E-state index in [9.17, 15) is 22.8 Å². The Morgan fingerprint density at radius 2 is 1.67 bits per heavy atom.